The van der Waals surface area contributed by atoms with Gasteiger partial charge in [0, 0.05) is 47.0 Å². The van der Waals surface area contributed by atoms with E-state index in [1.54, 1.807) is 62.8 Å². The van der Waals surface area contributed by atoms with Crippen molar-refractivity contribution in [2.75, 3.05) is 28.4 Å². The normalized spacial score (nSPS) is 13.2. The van der Waals surface area contributed by atoms with Crippen LogP contribution in [-0.2, 0) is 23.1 Å². The van der Waals surface area contributed by atoms with Gasteiger partial charge in [-0.2, -0.15) is 4.31 Å². The van der Waals surface area contributed by atoms with Crippen molar-refractivity contribution < 1.29 is 32.5 Å². The van der Waals surface area contributed by atoms with Crippen molar-refractivity contribution >= 4 is 26.0 Å². The summed E-state index contributed by atoms with van der Waals surface area (Å²) in [6, 6.07) is 13.7. The van der Waals surface area contributed by atoms with Crippen molar-refractivity contribution in [2.24, 2.45) is 0 Å². The Bertz CT molecular complexity index is 1250. The molecule has 2 aromatic carbocycles. The minimum Gasteiger partial charge on any atom is -0.497 e. The van der Waals surface area contributed by atoms with Crippen molar-refractivity contribution in [3.63, 3.8) is 0 Å². The minimum atomic E-state index is -4.08. The van der Waals surface area contributed by atoms with Gasteiger partial charge in [0.1, 0.15) is 34.4 Å². The lowest BCUT2D eigenvalue weighted by Crippen LogP contribution is -2.39. The summed E-state index contributed by atoms with van der Waals surface area (Å²) in [7, 11) is 2.02. The smallest absolute Gasteiger partial charge is 0.220 e. The Morgan fingerprint density at radius 2 is 1.38 bits per heavy atom. The molecule has 3 rings (SSSR count). The number of aliphatic hydroxyl groups excluding tert-OH is 1. The van der Waals surface area contributed by atoms with E-state index in [4.69, 9.17) is 18.9 Å². The van der Waals surface area contributed by atoms with Gasteiger partial charge in [-0.05, 0) is 47.1 Å². The number of hydrogen-bond donors (Lipinski definition) is 1. The van der Waals surface area contributed by atoms with Crippen molar-refractivity contribution in [2.45, 2.75) is 31.4 Å². The Hall–Kier alpha value is -2.86. The molecule has 0 aliphatic rings. The van der Waals surface area contributed by atoms with Crippen LogP contribution in [0.1, 0.15) is 29.8 Å². The highest BCUT2D eigenvalue weighted by Gasteiger charge is 2.36. The average Bonchev–Trinajstić information content (AvgIpc) is 2.92. The van der Waals surface area contributed by atoms with Gasteiger partial charge in [-0.3, -0.25) is 4.98 Å². The SMILES string of the molecule is COc1ccc(CN(Cc2ccc(OC)cc2OC)S(=O)(=O)[C@@H](C)[C@@H](O)c2ccc(Br)cn2)c(OC)c1. The number of nitrogens with zero attached hydrogens (tertiary/aromatic N) is 2. The summed E-state index contributed by atoms with van der Waals surface area (Å²) in [4.78, 5) is 4.19. The lowest BCUT2D eigenvalue weighted by Gasteiger charge is -2.29. The van der Waals surface area contributed by atoms with E-state index >= 15 is 0 Å². The molecule has 0 amide bonds. The number of pyridine rings is 1. The molecule has 0 fully saturated rings. The van der Waals surface area contributed by atoms with Gasteiger partial charge >= 0.3 is 0 Å². The van der Waals surface area contributed by atoms with Gasteiger partial charge in [-0.25, -0.2) is 8.42 Å². The van der Waals surface area contributed by atoms with Gasteiger partial charge in [0.25, 0.3) is 0 Å². The maximum atomic E-state index is 14.0. The third-order valence-electron chi connectivity index (χ3n) is 6.01. The monoisotopic (exact) mass is 594 g/mol. The number of halogens is 1. The number of methoxy groups -OCH3 is 4. The van der Waals surface area contributed by atoms with Gasteiger partial charge in [-0.15, -0.1) is 0 Å². The van der Waals surface area contributed by atoms with E-state index in [0.717, 1.165) is 4.47 Å². The number of rotatable bonds is 12. The van der Waals surface area contributed by atoms with Gasteiger partial charge in [0.2, 0.25) is 10.0 Å². The highest BCUT2D eigenvalue weighted by atomic mass is 79.9. The molecule has 0 saturated heterocycles. The summed E-state index contributed by atoms with van der Waals surface area (Å²) < 4.78 is 51.5. The van der Waals surface area contributed by atoms with E-state index in [1.807, 2.05) is 0 Å². The van der Waals surface area contributed by atoms with Crippen molar-refractivity contribution in [1.82, 2.24) is 9.29 Å². The van der Waals surface area contributed by atoms with Crippen molar-refractivity contribution in [3.8, 4) is 23.0 Å². The molecule has 37 heavy (non-hydrogen) atoms. The highest BCUT2D eigenvalue weighted by Crippen LogP contribution is 2.33. The fourth-order valence-corrected chi connectivity index (χ4v) is 5.59. The van der Waals surface area contributed by atoms with E-state index < -0.39 is 21.4 Å². The Balaban J connectivity index is 2.04. The maximum Gasteiger partial charge on any atom is 0.220 e. The molecule has 0 saturated carbocycles. The summed E-state index contributed by atoms with van der Waals surface area (Å²) in [5, 5.41) is 9.77. The van der Waals surface area contributed by atoms with Crippen LogP contribution in [0.3, 0.4) is 0 Å². The Morgan fingerprint density at radius 3 is 1.78 bits per heavy atom. The molecule has 0 aliphatic heterocycles. The van der Waals surface area contributed by atoms with Gasteiger partial charge in [0.05, 0.1) is 34.1 Å². The molecule has 3 aromatic rings. The highest BCUT2D eigenvalue weighted by molar-refractivity contribution is 9.10. The molecule has 11 heteroatoms. The Morgan fingerprint density at radius 1 is 0.865 bits per heavy atom. The molecule has 2 atom stereocenters. The molecule has 0 bridgehead atoms. The molecule has 0 unspecified atom stereocenters. The first-order valence-electron chi connectivity index (χ1n) is 11.3. The van der Waals surface area contributed by atoms with Crippen molar-refractivity contribution in [1.29, 1.82) is 0 Å². The molecule has 200 valence electrons. The predicted molar refractivity (Wildman–Crippen MR) is 144 cm³/mol. The Labute approximate surface area is 226 Å². The molecular formula is C26H31BrN2O7S. The van der Waals surface area contributed by atoms with E-state index in [9.17, 15) is 13.5 Å². The summed E-state index contributed by atoms with van der Waals surface area (Å²) >= 11 is 3.30. The quantitative estimate of drug-likeness (QED) is 0.330. The van der Waals surface area contributed by atoms with Crippen LogP contribution in [0.2, 0.25) is 0 Å². The number of ether oxygens (including phenoxy) is 4. The number of aromatic nitrogens is 1. The molecular weight excluding hydrogens is 564 g/mol. The van der Waals surface area contributed by atoms with Crippen LogP contribution in [0.15, 0.2) is 59.2 Å². The summed E-state index contributed by atoms with van der Waals surface area (Å²) in [6.45, 7) is 1.43. The summed E-state index contributed by atoms with van der Waals surface area (Å²) in [5.74, 6) is 2.11. The van der Waals surface area contributed by atoms with Crippen LogP contribution in [0.5, 0.6) is 23.0 Å². The second-order valence-corrected chi connectivity index (χ2v) is 11.4. The lowest BCUT2D eigenvalue weighted by atomic mass is 10.1. The molecule has 1 N–H and O–H groups in total. The van der Waals surface area contributed by atoms with Crippen LogP contribution < -0.4 is 18.9 Å². The topological polar surface area (TPSA) is 107 Å². The zero-order valence-electron chi connectivity index (χ0n) is 21.3. The van der Waals surface area contributed by atoms with Crippen LogP contribution in [0, 0.1) is 0 Å². The van der Waals surface area contributed by atoms with E-state index in [1.165, 1.54) is 31.6 Å². The predicted octanol–water partition coefficient (Wildman–Crippen LogP) is 4.33. The maximum absolute atomic E-state index is 14.0. The van der Waals surface area contributed by atoms with Crippen LogP contribution in [0.4, 0.5) is 0 Å². The van der Waals surface area contributed by atoms with E-state index in [0.29, 0.717) is 34.1 Å². The van der Waals surface area contributed by atoms with Crippen molar-refractivity contribution in [3.05, 3.63) is 76.0 Å². The average molecular weight is 596 g/mol. The zero-order chi connectivity index (χ0) is 27.2. The molecule has 1 aromatic heterocycles. The molecule has 9 nitrogen and oxygen atoms in total. The second kappa shape index (κ2) is 12.6. The van der Waals surface area contributed by atoms with Gasteiger partial charge in [-0.1, -0.05) is 12.1 Å². The number of benzene rings is 2. The fraction of sp³-hybridized carbons (Fsp3) is 0.346. The Kier molecular flexibility index (Phi) is 9.77. The first kappa shape index (κ1) is 28.7. The number of hydrogen-bond acceptors (Lipinski definition) is 8. The van der Waals surface area contributed by atoms with Crippen LogP contribution in [0.25, 0.3) is 0 Å². The third kappa shape index (κ3) is 6.72. The number of aliphatic hydroxyl groups is 1. The van der Waals surface area contributed by atoms with Crippen LogP contribution in [-0.4, -0.2) is 56.5 Å². The number of sulfonamides is 1. The first-order valence-corrected chi connectivity index (χ1v) is 13.6. The first-order chi connectivity index (χ1) is 17.6. The molecule has 0 aliphatic carbocycles. The lowest BCUT2D eigenvalue weighted by molar-refractivity contribution is 0.167. The third-order valence-corrected chi connectivity index (χ3v) is 8.65. The molecule has 0 spiro atoms. The fourth-order valence-electron chi connectivity index (χ4n) is 3.78. The minimum absolute atomic E-state index is 0.0183. The second-order valence-electron chi connectivity index (χ2n) is 8.22. The van der Waals surface area contributed by atoms with Gasteiger partial charge in [0.15, 0.2) is 0 Å². The van der Waals surface area contributed by atoms with Gasteiger partial charge < -0.3 is 24.1 Å². The zero-order valence-corrected chi connectivity index (χ0v) is 23.7. The summed E-state index contributed by atoms with van der Waals surface area (Å²) in [5.41, 5.74) is 1.51. The molecule has 0 radical (unpaired) electrons. The standard InChI is InChI=1S/C26H31BrN2O7S/c1-17(26(30)23-11-8-20(27)14-28-23)37(31,32)29(15-18-6-9-21(33-2)12-24(18)35-4)16-19-7-10-22(34-3)13-25(19)36-5/h6-14,17,26,30H,15-16H2,1-5H3/t17-,26+/m0/s1. The molecule has 1 heterocycles. The summed E-state index contributed by atoms with van der Waals surface area (Å²) in [6.07, 6.45) is 0.163. The largest absolute Gasteiger partial charge is 0.497 e. The van der Waals surface area contributed by atoms with E-state index in [-0.39, 0.29) is 18.8 Å². The van der Waals surface area contributed by atoms with Crippen LogP contribution >= 0.6 is 15.9 Å². The van der Waals surface area contributed by atoms with E-state index in [2.05, 4.69) is 20.9 Å².